The Morgan fingerprint density at radius 1 is 0.632 bits per heavy atom. The highest BCUT2D eigenvalue weighted by Gasteiger charge is 2.44. The van der Waals surface area contributed by atoms with Gasteiger partial charge in [0.05, 0.1) is 22.5 Å². The van der Waals surface area contributed by atoms with Gasteiger partial charge >= 0.3 is 0 Å². The lowest BCUT2D eigenvalue weighted by atomic mass is 9.78. The molecule has 4 aromatic rings. The molecule has 0 aromatic heterocycles. The average Bonchev–Trinajstić information content (AvgIpc) is 3.31. The largest absolute Gasteiger partial charge is 0.367 e. The standard InChI is InChI=1S/C33H32N2O3/c1-32(2)23-13-9-10-14-24(23)34(5)26(32)17-21-29(36)22(31(38)30(21)37)18-27-33(3,4)28-20-12-8-7-11-19(20)15-16-25(28)35(27)6/h7-18,26-27H,1-6H3/b21-17-,22-18-. The van der Waals surface area contributed by atoms with Crippen LogP contribution in [-0.2, 0) is 10.8 Å². The second-order valence-electron chi connectivity index (χ2n) is 11.9. The molecule has 2 heterocycles. The van der Waals surface area contributed by atoms with Crippen molar-refractivity contribution in [1.82, 2.24) is 0 Å². The van der Waals surface area contributed by atoms with Crippen molar-refractivity contribution in [2.24, 2.45) is 0 Å². The Morgan fingerprint density at radius 3 is 1.84 bits per heavy atom. The summed E-state index contributed by atoms with van der Waals surface area (Å²) in [5.41, 5.74) is 1.89. The van der Waals surface area contributed by atoms with Gasteiger partial charge in [-0.2, -0.15) is 0 Å². The predicted octanol–water partition coefficient (Wildman–Crippen LogP) is 2.95. The quantitative estimate of drug-likeness (QED) is 0.393. The number of nitrogens with zero attached hydrogens (tertiary/aromatic N) is 2. The van der Waals surface area contributed by atoms with Crippen molar-refractivity contribution >= 4 is 34.3 Å². The summed E-state index contributed by atoms with van der Waals surface area (Å²) in [7, 11) is 3.95. The van der Waals surface area contributed by atoms with E-state index in [0.717, 1.165) is 27.7 Å². The summed E-state index contributed by atoms with van der Waals surface area (Å²) in [6.45, 7) is 8.49. The van der Waals surface area contributed by atoms with Gasteiger partial charge in [0.1, 0.15) is 0 Å². The molecule has 0 amide bonds. The van der Waals surface area contributed by atoms with Gasteiger partial charge in [-0.3, -0.25) is 14.4 Å². The molecule has 5 nitrogen and oxygen atoms in total. The van der Waals surface area contributed by atoms with E-state index < -0.39 is 16.3 Å². The zero-order valence-corrected chi connectivity index (χ0v) is 22.7. The molecule has 192 valence electrons. The lowest BCUT2D eigenvalue weighted by Gasteiger charge is -2.29. The summed E-state index contributed by atoms with van der Waals surface area (Å²) in [6, 6.07) is 20.1. The number of likely N-dealkylation sites (N-methyl/N-ethyl adjacent to an activating group) is 2. The maximum absolute atomic E-state index is 13.7. The lowest BCUT2D eigenvalue weighted by molar-refractivity contribution is 0.504. The number of hydrogen-bond donors (Lipinski definition) is 0. The van der Waals surface area contributed by atoms with Gasteiger partial charge in [0.2, 0.25) is 16.3 Å². The SMILES string of the molecule is CN1c2ccccc2C(C)(C)C1/C=c1\c(=O)c(=O)/c(=C\C2N(C)c3ccc4ccccc4c3C2(C)C)c1=O. The molecule has 5 heteroatoms. The lowest BCUT2D eigenvalue weighted by Crippen LogP contribution is -2.45. The van der Waals surface area contributed by atoms with Crippen LogP contribution in [0.2, 0.25) is 0 Å². The van der Waals surface area contributed by atoms with Gasteiger partial charge < -0.3 is 9.80 Å². The average molecular weight is 505 g/mol. The van der Waals surface area contributed by atoms with Crippen LogP contribution in [0.4, 0.5) is 11.4 Å². The fourth-order valence-electron chi connectivity index (χ4n) is 6.99. The topological polar surface area (TPSA) is 57.7 Å². The van der Waals surface area contributed by atoms with Crippen LogP contribution >= 0.6 is 0 Å². The van der Waals surface area contributed by atoms with Crippen LogP contribution in [0.5, 0.6) is 0 Å². The number of anilines is 2. The van der Waals surface area contributed by atoms with Crippen LogP contribution in [0.1, 0.15) is 38.8 Å². The van der Waals surface area contributed by atoms with Crippen molar-refractivity contribution in [3.05, 3.63) is 113 Å². The summed E-state index contributed by atoms with van der Waals surface area (Å²) in [5, 5.41) is 2.29. The van der Waals surface area contributed by atoms with Crippen LogP contribution < -0.4 is 36.5 Å². The normalized spacial score (nSPS) is 22.4. The first-order chi connectivity index (χ1) is 18.0. The number of para-hydroxylation sites is 1. The number of rotatable bonds is 2. The van der Waals surface area contributed by atoms with E-state index in [2.05, 4.69) is 67.8 Å². The first-order valence-corrected chi connectivity index (χ1v) is 13.1. The molecule has 2 aliphatic heterocycles. The third-order valence-electron chi connectivity index (χ3n) is 9.06. The maximum atomic E-state index is 13.7. The van der Waals surface area contributed by atoms with Crippen molar-refractivity contribution < 1.29 is 0 Å². The van der Waals surface area contributed by atoms with Gasteiger partial charge in [-0.05, 0) is 46.2 Å². The van der Waals surface area contributed by atoms with E-state index in [1.165, 1.54) is 5.56 Å². The Balaban J connectivity index is 1.51. The summed E-state index contributed by atoms with van der Waals surface area (Å²) in [5.74, 6) is 0. The maximum Gasteiger partial charge on any atom is 0.237 e. The fraction of sp³-hybridized carbons (Fsp3) is 0.303. The highest BCUT2D eigenvalue weighted by Crippen LogP contribution is 2.48. The molecular formula is C33H32N2O3. The Morgan fingerprint density at radius 2 is 1.18 bits per heavy atom. The second kappa shape index (κ2) is 8.00. The Bertz CT molecular complexity index is 1890. The van der Waals surface area contributed by atoms with Crippen molar-refractivity contribution in [3.63, 3.8) is 0 Å². The summed E-state index contributed by atoms with van der Waals surface area (Å²) in [4.78, 5) is 44.3. The van der Waals surface area contributed by atoms with Crippen LogP contribution in [0.15, 0.2) is 75.0 Å². The van der Waals surface area contributed by atoms with Crippen molar-refractivity contribution in [2.45, 2.75) is 50.6 Å². The summed E-state index contributed by atoms with van der Waals surface area (Å²) in [6.07, 6.45) is 3.45. The van der Waals surface area contributed by atoms with E-state index in [1.807, 2.05) is 44.4 Å². The molecule has 38 heavy (non-hydrogen) atoms. The van der Waals surface area contributed by atoms with Crippen molar-refractivity contribution in [3.8, 4) is 0 Å². The van der Waals surface area contributed by atoms with Crippen molar-refractivity contribution in [1.29, 1.82) is 0 Å². The van der Waals surface area contributed by atoms with Gasteiger partial charge in [-0.1, -0.05) is 76.2 Å². The molecular weight excluding hydrogens is 472 g/mol. The zero-order chi connectivity index (χ0) is 27.1. The Labute approximate surface area is 221 Å². The van der Waals surface area contributed by atoms with Crippen LogP contribution in [0.25, 0.3) is 22.9 Å². The molecule has 0 saturated heterocycles. The van der Waals surface area contributed by atoms with E-state index in [1.54, 1.807) is 12.2 Å². The van der Waals surface area contributed by atoms with E-state index in [4.69, 9.17) is 0 Å². The van der Waals surface area contributed by atoms with E-state index >= 15 is 0 Å². The minimum atomic E-state index is -0.706. The Kier molecular flexibility index (Phi) is 5.13. The van der Waals surface area contributed by atoms with Crippen LogP contribution in [0.3, 0.4) is 0 Å². The number of hydrogen-bond acceptors (Lipinski definition) is 5. The number of benzene rings is 3. The number of fused-ring (bicyclic) bond motifs is 4. The third kappa shape index (κ3) is 3.14. The van der Waals surface area contributed by atoms with E-state index in [-0.39, 0.29) is 33.4 Å². The Hall–Kier alpha value is -3.99. The molecule has 2 aliphatic rings. The molecule has 0 bridgehead atoms. The van der Waals surface area contributed by atoms with E-state index in [0.29, 0.717) is 0 Å². The molecule has 0 saturated carbocycles. The fourth-order valence-corrected chi connectivity index (χ4v) is 6.99. The van der Waals surface area contributed by atoms with Gasteiger partial charge in [0.15, 0.2) is 0 Å². The van der Waals surface area contributed by atoms with Crippen LogP contribution in [-0.4, -0.2) is 26.2 Å². The second-order valence-corrected chi connectivity index (χ2v) is 11.9. The molecule has 0 spiro atoms. The smallest absolute Gasteiger partial charge is 0.237 e. The predicted molar refractivity (Wildman–Crippen MR) is 157 cm³/mol. The molecule has 2 unspecified atom stereocenters. The molecule has 0 N–H and O–H groups in total. The highest BCUT2D eigenvalue weighted by atomic mass is 16.2. The third-order valence-corrected chi connectivity index (χ3v) is 9.06. The highest BCUT2D eigenvalue weighted by molar-refractivity contribution is 5.94. The minimum Gasteiger partial charge on any atom is -0.367 e. The molecule has 0 radical (unpaired) electrons. The van der Waals surface area contributed by atoms with E-state index in [9.17, 15) is 14.4 Å². The monoisotopic (exact) mass is 504 g/mol. The van der Waals surface area contributed by atoms with Crippen molar-refractivity contribution in [2.75, 3.05) is 23.9 Å². The minimum absolute atomic E-state index is 0.0135. The molecule has 6 rings (SSSR count). The van der Waals surface area contributed by atoms with Gasteiger partial charge in [0, 0.05) is 36.3 Å². The molecule has 0 fully saturated rings. The van der Waals surface area contributed by atoms with Gasteiger partial charge in [-0.25, -0.2) is 0 Å². The summed E-state index contributed by atoms with van der Waals surface area (Å²) >= 11 is 0. The van der Waals surface area contributed by atoms with Gasteiger partial charge in [0.25, 0.3) is 0 Å². The summed E-state index contributed by atoms with van der Waals surface area (Å²) < 4.78 is 0. The molecule has 2 atom stereocenters. The zero-order valence-electron chi connectivity index (χ0n) is 22.7. The molecule has 0 aliphatic carbocycles. The first kappa shape index (κ1) is 24.4. The van der Waals surface area contributed by atoms with Crippen LogP contribution in [0, 0.1) is 0 Å². The molecule has 4 aromatic carbocycles. The first-order valence-electron chi connectivity index (χ1n) is 13.1. The van der Waals surface area contributed by atoms with Gasteiger partial charge in [-0.15, -0.1) is 0 Å².